The van der Waals surface area contributed by atoms with Gasteiger partial charge in [-0.15, -0.1) is 0 Å². The number of likely N-dealkylation sites (tertiary alicyclic amines) is 1. The van der Waals surface area contributed by atoms with Crippen LogP contribution in [0.5, 0.6) is 0 Å². The summed E-state index contributed by atoms with van der Waals surface area (Å²) in [6.07, 6.45) is 5.12. The summed E-state index contributed by atoms with van der Waals surface area (Å²) in [6, 6.07) is 11.9. The van der Waals surface area contributed by atoms with Gasteiger partial charge in [0.2, 0.25) is 35.3 Å². The summed E-state index contributed by atoms with van der Waals surface area (Å²) in [4.78, 5) is 108. The number of ketones is 1. The number of hydrogen-bond acceptors (Lipinski definition) is 15. The highest BCUT2D eigenvalue weighted by Crippen LogP contribution is 2.27. The fraction of sp³-hybridized carbons (Fsp3) is 0.614. The van der Waals surface area contributed by atoms with Gasteiger partial charge in [0.25, 0.3) is 0 Å². The van der Waals surface area contributed by atoms with E-state index in [9.17, 15) is 43.5 Å². The number of amides is 5. The topological polar surface area (TPSA) is 283 Å². The van der Waals surface area contributed by atoms with Gasteiger partial charge in [0.15, 0.2) is 6.29 Å². The zero-order valence-electron chi connectivity index (χ0n) is 47.4. The molecule has 0 bridgehead atoms. The molecule has 1 aliphatic heterocycles. The number of nitrogens with zero attached hydrogens (tertiary/aromatic N) is 4. The predicted octanol–water partition coefficient (Wildman–Crippen LogP) is 4.11. The molecule has 1 unspecified atom stereocenters. The van der Waals surface area contributed by atoms with Gasteiger partial charge in [0.1, 0.15) is 18.1 Å². The number of nitrogens with one attached hydrogen (secondary N) is 2. The van der Waals surface area contributed by atoms with Crippen LogP contribution in [-0.2, 0) is 58.9 Å². The number of carboxylic acid groups (broad SMARTS) is 1. The first-order chi connectivity index (χ1) is 37.1. The summed E-state index contributed by atoms with van der Waals surface area (Å²) in [7, 11) is 3.28. The third kappa shape index (κ3) is 21.9. The van der Waals surface area contributed by atoms with Gasteiger partial charge in [0.05, 0.1) is 70.7 Å². The van der Waals surface area contributed by atoms with Crippen LogP contribution in [-0.4, -0.2) is 171 Å². The Bertz CT molecular complexity index is 2250. The highest BCUT2D eigenvalue weighted by molar-refractivity contribution is 6.33. The smallest absolute Gasteiger partial charge is 0.326 e. The van der Waals surface area contributed by atoms with Crippen LogP contribution < -0.4 is 27.2 Å². The van der Waals surface area contributed by atoms with Crippen molar-refractivity contribution in [2.45, 2.75) is 130 Å². The third-order valence-corrected chi connectivity index (χ3v) is 14.1. The number of anilines is 1. The van der Waals surface area contributed by atoms with Crippen LogP contribution in [0, 0.1) is 23.7 Å². The summed E-state index contributed by atoms with van der Waals surface area (Å²) in [5.74, 6) is 1.70. The number of Topliss-reactive ketones (excluding diaryl/α,β-unsaturated/α-hetero) is 1. The van der Waals surface area contributed by atoms with E-state index in [4.69, 9.17) is 30.5 Å². The van der Waals surface area contributed by atoms with E-state index in [0.29, 0.717) is 50.6 Å². The van der Waals surface area contributed by atoms with Crippen LogP contribution in [0.4, 0.5) is 5.69 Å². The standard InChI is InChI=1S/C57H88N8O13/c1-10-40(6)48(22-23-51(69)64-25-14-17-46(64)33-41(7)54(70)60-47(57(73)74)34-42-15-12-11-13-16-42)62(8)56(72)52(38(2)3)61-55(71)53(39(4)5)63(9)50(68)24-26-75-27-28-76-29-30-77-31-32-78-37-44(58)35-65(59)45-20-18-43(19-21-45)49(67)36-66/h11-13,15-16,18-21,35-36,38-41,46-48,52-53H,10,14,17,22-34,37,58-59H2,1-9H3,(H,60,70)(H,61,71)(H,73,74)/b44-35-/t40-,41+,46-,47-,48?,52-,53-/m0/s1. The average molecular weight is 1090 g/mol. The molecule has 0 spiro atoms. The average Bonchev–Trinajstić information content (AvgIpc) is 3.89. The highest BCUT2D eigenvalue weighted by atomic mass is 16.6. The summed E-state index contributed by atoms with van der Waals surface area (Å²) < 4.78 is 22.3. The van der Waals surface area contributed by atoms with Gasteiger partial charge in [-0.3, -0.25) is 38.6 Å². The van der Waals surface area contributed by atoms with Gasteiger partial charge < -0.3 is 55.1 Å². The number of likely N-dealkylation sites (N-methyl/N-ethyl adjacent to an activating group) is 2. The molecule has 2 aromatic carbocycles. The number of benzene rings is 2. The largest absolute Gasteiger partial charge is 0.480 e. The van der Waals surface area contributed by atoms with Gasteiger partial charge in [-0.1, -0.05) is 85.2 Å². The Morgan fingerprint density at radius 1 is 0.782 bits per heavy atom. The maximum atomic E-state index is 14.4. The molecular weight excluding hydrogens is 1000 g/mol. The second-order valence-corrected chi connectivity index (χ2v) is 20.8. The number of carbonyl (C=O) groups excluding carboxylic acids is 7. The van der Waals surface area contributed by atoms with Gasteiger partial charge >= 0.3 is 5.97 Å². The first kappa shape index (κ1) is 66.0. The molecular formula is C57H88N8O13. The lowest BCUT2D eigenvalue weighted by Gasteiger charge is -2.37. The molecule has 7 N–H and O–H groups in total. The molecule has 7 atom stereocenters. The van der Waals surface area contributed by atoms with E-state index >= 15 is 0 Å². The molecule has 5 amide bonds. The van der Waals surface area contributed by atoms with E-state index in [1.165, 1.54) is 28.2 Å². The fourth-order valence-electron chi connectivity index (χ4n) is 9.39. The van der Waals surface area contributed by atoms with E-state index in [-0.39, 0.29) is 118 Å². The van der Waals surface area contributed by atoms with E-state index < -0.39 is 41.7 Å². The van der Waals surface area contributed by atoms with Crippen molar-refractivity contribution in [1.29, 1.82) is 0 Å². The Labute approximate surface area is 461 Å². The van der Waals surface area contributed by atoms with Crippen molar-refractivity contribution in [3.05, 3.63) is 77.6 Å². The first-order valence-electron chi connectivity index (χ1n) is 27.2. The summed E-state index contributed by atoms with van der Waals surface area (Å²) in [6.45, 7) is 15.7. The van der Waals surface area contributed by atoms with Gasteiger partial charge in [0, 0.05) is 63.2 Å². The van der Waals surface area contributed by atoms with Gasteiger partial charge in [-0.2, -0.15) is 0 Å². The van der Waals surface area contributed by atoms with Crippen molar-refractivity contribution >= 4 is 53.3 Å². The zero-order valence-corrected chi connectivity index (χ0v) is 47.4. The minimum atomic E-state index is -1.12. The number of nitrogens with two attached hydrogens (primary N) is 2. The minimum absolute atomic E-state index is 0.0231. The van der Waals surface area contributed by atoms with E-state index in [1.54, 1.807) is 38.1 Å². The van der Waals surface area contributed by atoms with E-state index in [0.717, 1.165) is 24.8 Å². The SMILES string of the molecule is CC[C@H](C)C(CCC(=O)N1CCC[C@H]1C[C@@H](C)C(=O)N[C@@H](Cc1ccccc1)C(=O)O)N(C)C(=O)[C@@H](NC(=O)[C@H](C(C)C)N(C)C(=O)CCOCCOCCOCCOC/C(N)=C/N(N)c1ccc(C(=O)C=O)cc1)C(C)C. The molecule has 2 aromatic rings. The molecule has 0 aliphatic carbocycles. The predicted molar refractivity (Wildman–Crippen MR) is 295 cm³/mol. The summed E-state index contributed by atoms with van der Waals surface area (Å²) >= 11 is 0. The molecule has 0 saturated carbocycles. The lowest BCUT2D eigenvalue weighted by atomic mass is 9.91. The second-order valence-electron chi connectivity index (χ2n) is 20.8. The molecule has 434 valence electrons. The molecule has 1 fully saturated rings. The maximum Gasteiger partial charge on any atom is 0.326 e. The number of hydrazine groups is 1. The molecule has 78 heavy (non-hydrogen) atoms. The third-order valence-electron chi connectivity index (χ3n) is 14.1. The Hall–Kier alpha value is -6.26. The minimum Gasteiger partial charge on any atom is -0.480 e. The number of hydrogen-bond donors (Lipinski definition) is 5. The number of carbonyl (C=O) groups is 8. The molecule has 0 aromatic heterocycles. The van der Waals surface area contributed by atoms with Crippen LogP contribution in [0.25, 0.3) is 0 Å². The second kappa shape index (κ2) is 34.6. The number of ether oxygens (including phenoxy) is 4. The molecule has 3 rings (SSSR count). The van der Waals surface area contributed by atoms with Crippen LogP contribution in [0.1, 0.15) is 109 Å². The molecule has 21 nitrogen and oxygen atoms in total. The number of rotatable bonds is 37. The van der Waals surface area contributed by atoms with Gasteiger partial charge in [-0.05, 0) is 73.3 Å². The van der Waals surface area contributed by atoms with Crippen LogP contribution in [0.2, 0.25) is 0 Å². The van der Waals surface area contributed by atoms with Crippen molar-refractivity contribution in [3.63, 3.8) is 0 Å². The number of aliphatic carboxylic acids is 1. The molecule has 1 saturated heterocycles. The molecule has 1 heterocycles. The zero-order chi connectivity index (χ0) is 57.9. The maximum absolute atomic E-state index is 14.4. The monoisotopic (exact) mass is 1090 g/mol. The molecule has 1 aliphatic rings. The number of aldehydes is 1. The summed E-state index contributed by atoms with van der Waals surface area (Å²) in [5, 5.41) is 16.8. The first-order valence-corrected chi connectivity index (χ1v) is 27.2. The normalized spacial score (nSPS) is 15.9. The van der Waals surface area contributed by atoms with E-state index in [1.807, 2.05) is 76.8 Å². The molecule has 0 radical (unpaired) electrons. The van der Waals surface area contributed by atoms with Crippen molar-refractivity contribution in [2.75, 3.05) is 78.5 Å². The lowest BCUT2D eigenvalue weighted by Crippen LogP contribution is -2.58. The van der Waals surface area contributed by atoms with Crippen LogP contribution in [0.3, 0.4) is 0 Å². The Kier molecular flexibility index (Phi) is 29.3. The quantitative estimate of drug-likeness (QED) is 0.0159. The number of carboxylic acids is 1. The van der Waals surface area contributed by atoms with Crippen molar-refractivity contribution in [3.8, 4) is 0 Å². The van der Waals surface area contributed by atoms with Crippen molar-refractivity contribution in [1.82, 2.24) is 25.3 Å². The molecule has 21 heteroatoms. The van der Waals surface area contributed by atoms with Crippen molar-refractivity contribution in [2.24, 2.45) is 35.2 Å². The summed E-state index contributed by atoms with van der Waals surface area (Å²) in [5.41, 5.74) is 7.97. The lowest BCUT2D eigenvalue weighted by molar-refractivity contribution is -0.145. The Balaban J connectivity index is 1.41. The fourth-order valence-corrected chi connectivity index (χ4v) is 9.39. The Morgan fingerprint density at radius 3 is 1.95 bits per heavy atom. The van der Waals surface area contributed by atoms with E-state index in [2.05, 4.69) is 10.6 Å². The highest BCUT2D eigenvalue weighted by Gasteiger charge is 2.38. The van der Waals surface area contributed by atoms with Crippen molar-refractivity contribution < 1.29 is 62.4 Å². The van der Waals surface area contributed by atoms with Crippen LogP contribution in [0.15, 0.2) is 66.5 Å². The van der Waals surface area contributed by atoms with Gasteiger partial charge in [-0.25, -0.2) is 10.6 Å². The Morgan fingerprint density at radius 2 is 1.38 bits per heavy atom. The van der Waals surface area contributed by atoms with Crippen LogP contribution >= 0.6 is 0 Å².